The predicted octanol–water partition coefficient (Wildman–Crippen LogP) is 3.27. The van der Waals surface area contributed by atoms with E-state index < -0.39 is 0 Å². The van der Waals surface area contributed by atoms with Gasteiger partial charge in [-0.2, -0.15) is 5.26 Å². The van der Waals surface area contributed by atoms with E-state index in [-0.39, 0.29) is 5.92 Å². The van der Waals surface area contributed by atoms with Crippen molar-refractivity contribution in [1.82, 2.24) is 4.90 Å². The van der Waals surface area contributed by atoms with E-state index in [1.807, 2.05) is 30.3 Å². The summed E-state index contributed by atoms with van der Waals surface area (Å²) in [5.41, 5.74) is 1.11. The van der Waals surface area contributed by atoms with Crippen molar-refractivity contribution in [2.75, 3.05) is 13.6 Å². The Morgan fingerprint density at radius 1 is 1.18 bits per heavy atom. The molecule has 0 fully saturated rings. The Hall–Kier alpha value is -1.33. The summed E-state index contributed by atoms with van der Waals surface area (Å²) in [6.07, 6.45) is 0. The third kappa shape index (κ3) is 3.87. The SMILES string of the molecule is CC(C)C(C)N(C)CC(C#N)c1ccccc1. The molecule has 0 heterocycles. The number of benzene rings is 1. The van der Waals surface area contributed by atoms with Gasteiger partial charge in [-0.25, -0.2) is 0 Å². The van der Waals surface area contributed by atoms with Gasteiger partial charge < -0.3 is 4.90 Å². The number of hydrogen-bond acceptors (Lipinski definition) is 2. The Bertz CT molecular complexity index is 364. The number of rotatable bonds is 5. The smallest absolute Gasteiger partial charge is 0.0839 e. The molecule has 0 saturated heterocycles. The lowest BCUT2D eigenvalue weighted by molar-refractivity contribution is 0.205. The van der Waals surface area contributed by atoms with E-state index >= 15 is 0 Å². The molecule has 0 aliphatic rings. The Balaban J connectivity index is 2.69. The minimum Gasteiger partial charge on any atom is -0.302 e. The third-order valence-corrected chi connectivity index (χ3v) is 3.49. The van der Waals surface area contributed by atoms with Gasteiger partial charge in [-0.15, -0.1) is 0 Å². The highest BCUT2D eigenvalue weighted by molar-refractivity contribution is 5.25. The van der Waals surface area contributed by atoms with Crippen LogP contribution in [-0.2, 0) is 0 Å². The standard InChI is InChI=1S/C15H22N2/c1-12(2)13(3)17(4)11-15(10-16)14-8-6-5-7-9-14/h5-9,12-13,15H,11H2,1-4H3. The van der Waals surface area contributed by atoms with E-state index in [0.29, 0.717) is 12.0 Å². The lowest BCUT2D eigenvalue weighted by Crippen LogP contribution is -2.36. The summed E-state index contributed by atoms with van der Waals surface area (Å²) in [6, 6.07) is 12.9. The number of nitrogens with zero attached hydrogens (tertiary/aromatic N) is 2. The second-order valence-corrected chi connectivity index (χ2v) is 5.02. The summed E-state index contributed by atoms with van der Waals surface area (Å²) in [7, 11) is 2.10. The van der Waals surface area contributed by atoms with E-state index in [0.717, 1.165) is 12.1 Å². The molecule has 2 nitrogen and oxygen atoms in total. The van der Waals surface area contributed by atoms with Crippen molar-refractivity contribution in [3.63, 3.8) is 0 Å². The molecule has 0 aliphatic heterocycles. The van der Waals surface area contributed by atoms with Crippen LogP contribution < -0.4 is 0 Å². The normalized spacial score (nSPS) is 14.6. The summed E-state index contributed by atoms with van der Waals surface area (Å²) >= 11 is 0. The van der Waals surface area contributed by atoms with Crippen molar-refractivity contribution >= 4 is 0 Å². The maximum Gasteiger partial charge on any atom is 0.0839 e. The van der Waals surface area contributed by atoms with Crippen LogP contribution in [0, 0.1) is 17.2 Å². The van der Waals surface area contributed by atoms with E-state index in [9.17, 15) is 5.26 Å². The molecule has 0 aliphatic carbocycles. The van der Waals surface area contributed by atoms with Gasteiger partial charge in [0.15, 0.2) is 0 Å². The predicted molar refractivity (Wildman–Crippen MR) is 71.7 cm³/mol. The summed E-state index contributed by atoms with van der Waals surface area (Å²) in [5.74, 6) is 0.567. The van der Waals surface area contributed by atoms with Gasteiger partial charge in [0.05, 0.1) is 12.0 Å². The Morgan fingerprint density at radius 3 is 2.24 bits per heavy atom. The summed E-state index contributed by atoms with van der Waals surface area (Å²) < 4.78 is 0. The van der Waals surface area contributed by atoms with Crippen molar-refractivity contribution in [2.24, 2.45) is 5.92 Å². The zero-order chi connectivity index (χ0) is 12.8. The van der Waals surface area contributed by atoms with Crippen LogP contribution in [0.4, 0.5) is 0 Å². The minimum absolute atomic E-state index is 0.0394. The fourth-order valence-electron chi connectivity index (χ4n) is 1.87. The molecule has 0 N–H and O–H groups in total. The first-order chi connectivity index (χ1) is 8.06. The highest BCUT2D eigenvalue weighted by Crippen LogP contribution is 2.18. The van der Waals surface area contributed by atoms with E-state index in [1.54, 1.807) is 0 Å². The van der Waals surface area contributed by atoms with Crippen molar-refractivity contribution in [1.29, 1.82) is 5.26 Å². The van der Waals surface area contributed by atoms with Crippen LogP contribution in [0.3, 0.4) is 0 Å². The molecule has 2 heteroatoms. The molecule has 2 unspecified atom stereocenters. The highest BCUT2D eigenvalue weighted by Gasteiger charge is 2.18. The molecule has 0 bridgehead atoms. The summed E-state index contributed by atoms with van der Waals surface area (Å²) in [4.78, 5) is 2.27. The molecule has 17 heavy (non-hydrogen) atoms. The van der Waals surface area contributed by atoms with Crippen molar-refractivity contribution < 1.29 is 0 Å². The van der Waals surface area contributed by atoms with Crippen LogP contribution in [0.5, 0.6) is 0 Å². The van der Waals surface area contributed by atoms with Crippen molar-refractivity contribution in [3.05, 3.63) is 35.9 Å². The Labute approximate surface area is 105 Å². The molecule has 0 amide bonds. The average Bonchev–Trinajstić information content (AvgIpc) is 2.35. The molecule has 1 aromatic rings. The summed E-state index contributed by atoms with van der Waals surface area (Å²) in [6.45, 7) is 7.43. The quantitative estimate of drug-likeness (QED) is 0.776. The fourth-order valence-corrected chi connectivity index (χ4v) is 1.87. The number of nitriles is 1. The molecular weight excluding hydrogens is 208 g/mol. The van der Waals surface area contributed by atoms with E-state index in [1.165, 1.54) is 0 Å². The van der Waals surface area contributed by atoms with Gasteiger partial charge in [0.1, 0.15) is 0 Å². The van der Waals surface area contributed by atoms with Crippen LogP contribution >= 0.6 is 0 Å². The van der Waals surface area contributed by atoms with Gasteiger partial charge >= 0.3 is 0 Å². The second-order valence-electron chi connectivity index (χ2n) is 5.02. The molecule has 1 rings (SSSR count). The molecule has 0 radical (unpaired) electrons. The van der Waals surface area contributed by atoms with Crippen molar-refractivity contribution in [2.45, 2.75) is 32.7 Å². The highest BCUT2D eigenvalue weighted by atomic mass is 15.1. The number of hydrogen-bond donors (Lipinski definition) is 0. The maximum atomic E-state index is 9.27. The lowest BCUT2D eigenvalue weighted by Gasteiger charge is -2.29. The largest absolute Gasteiger partial charge is 0.302 e. The second kappa shape index (κ2) is 6.42. The van der Waals surface area contributed by atoms with E-state index in [2.05, 4.69) is 38.8 Å². The topological polar surface area (TPSA) is 27.0 Å². The third-order valence-electron chi connectivity index (χ3n) is 3.49. The zero-order valence-electron chi connectivity index (χ0n) is 11.2. The fraction of sp³-hybridized carbons (Fsp3) is 0.533. The van der Waals surface area contributed by atoms with Crippen LogP contribution in [0.1, 0.15) is 32.3 Å². The Morgan fingerprint density at radius 2 is 1.76 bits per heavy atom. The first-order valence-corrected chi connectivity index (χ1v) is 6.21. The molecule has 1 aromatic carbocycles. The molecule has 0 saturated carbocycles. The molecule has 0 aromatic heterocycles. The average molecular weight is 230 g/mol. The first-order valence-electron chi connectivity index (χ1n) is 6.21. The molecule has 92 valence electrons. The lowest BCUT2D eigenvalue weighted by atomic mass is 9.98. The van der Waals surface area contributed by atoms with Crippen LogP contribution in [0.25, 0.3) is 0 Å². The van der Waals surface area contributed by atoms with Gasteiger partial charge in [0.2, 0.25) is 0 Å². The van der Waals surface area contributed by atoms with Crippen LogP contribution in [0.15, 0.2) is 30.3 Å². The van der Waals surface area contributed by atoms with Crippen LogP contribution in [0.2, 0.25) is 0 Å². The monoisotopic (exact) mass is 230 g/mol. The maximum absolute atomic E-state index is 9.27. The van der Waals surface area contributed by atoms with Gasteiger partial charge in [-0.3, -0.25) is 0 Å². The van der Waals surface area contributed by atoms with Gasteiger partial charge in [-0.05, 0) is 25.5 Å². The zero-order valence-corrected chi connectivity index (χ0v) is 11.2. The molecular formula is C15H22N2. The minimum atomic E-state index is -0.0394. The number of likely N-dealkylation sites (N-methyl/N-ethyl adjacent to an activating group) is 1. The first kappa shape index (κ1) is 13.7. The van der Waals surface area contributed by atoms with Gasteiger partial charge in [-0.1, -0.05) is 44.2 Å². The van der Waals surface area contributed by atoms with Crippen LogP contribution in [-0.4, -0.2) is 24.5 Å². The van der Waals surface area contributed by atoms with E-state index in [4.69, 9.17) is 0 Å². The van der Waals surface area contributed by atoms with Gasteiger partial charge in [0, 0.05) is 12.6 Å². The molecule has 0 spiro atoms. The van der Waals surface area contributed by atoms with Crippen molar-refractivity contribution in [3.8, 4) is 6.07 Å². The summed E-state index contributed by atoms with van der Waals surface area (Å²) in [5, 5.41) is 9.27. The van der Waals surface area contributed by atoms with Gasteiger partial charge in [0.25, 0.3) is 0 Å². The Kier molecular flexibility index (Phi) is 5.18. The molecule has 2 atom stereocenters.